The number of rotatable bonds is 10. The van der Waals surface area contributed by atoms with Crippen molar-refractivity contribution < 1.29 is 19.6 Å². The first-order chi connectivity index (χ1) is 9.54. The summed E-state index contributed by atoms with van der Waals surface area (Å²) in [6.45, 7) is 17.7. The SMILES string of the molecule is [CH2]CCC(CCCCC)(OOC(C)(C)C)OOC(C)(C)C. The van der Waals surface area contributed by atoms with E-state index >= 15 is 0 Å². The lowest BCUT2D eigenvalue weighted by molar-refractivity contribution is -0.543. The van der Waals surface area contributed by atoms with Gasteiger partial charge in [-0.05, 0) is 54.4 Å². The van der Waals surface area contributed by atoms with Crippen LogP contribution < -0.4 is 0 Å². The van der Waals surface area contributed by atoms with Crippen molar-refractivity contribution in [3.63, 3.8) is 0 Å². The third-order valence-electron chi connectivity index (χ3n) is 2.61. The largest absolute Gasteiger partial charge is 0.234 e. The van der Waals surface area contributed by atoms with Crippen LogP contribution in [-0.2, 0) is 19.6 Å². The van der Waals surface area contributed by atoms with Crippen LogP contribution in [0.15, 0.2) is 0 Å². The van der Waals surface area contributed by atoms with E-state index in [-0.39, 0.29) is 0 Å². The molecule has 0 N–H and O–H groups in total. The molecule has 4 heteroatoms. The van der Waals surface area contributed by atoms with Crippen LogP contribution in [0, 0.1) is 6.92 Å². The minimum Gasteiger partial charge on any atom is -0.228 e. The van der Waals surface area contributed by atoms with Gasteiger partial charge in [0.1, 0.15) is 0 Å². The standard InChI is InChI=1S/C17H35O4/c1-9-11-12-14-17(13-10-2,20-18-15(3,4)5)21-19-16(6,7)8/h2,9-14H2,1,3-8H3. The third-order valence-corrected chi connectivity index (χ3v) is 2.61. The Bertz CT molecular complexity index is 245. The molecule has 1 radical (unpaired) electrons. The Hall–Kier alpha value is -0.160. The topological polar surface area (TPSA) is 36.9 Å². The van der Waals surface area contributed by atoms with Gasteiger partial charge in [0.2, 0.25) is 5.79 Å². The van der Waals surface area contributed by atoms with Crippen molar-refractivity contribution in [2.24, 2.45) is 0 Å². The van der Waals surface area contributed by atoms with E-state index in [2.05, 4.69) is 13.8 Å². The first-order valence-corrected chi connectivity index (χ1v) is 8.06. The molecule has 0 rings (SSSR count). The molecule has 4 nitrogen and oxygen atoms in total. The van der Waals surface area contributed by atoms with Crippen LogP contribution in [-0.4, -0.2) is 17.0 Å². The van der Waals surface area contributed by atoms with Crippen LogP contribution in [0.1, 0.15) is 87.0 Å². The van der Waals surface area contributed by atoms with Gasteiger partial charge in [0, 0.05) is 12.8 Å². The second-order valence-corrected chi connectivity index (χ2v) is 7.53. The Balaban J connectivity index is 4.84. The lowest BCUT2D eigenvalue weighted by atomic mass is 10.0. The monoisotopic (exact) mass is 303 g/mol. The van der Waals surface area contributed by atoms with Gasteiger partial charge in [-0.2, -0.15) is 9.78 Å². The Morgan fingerprint density at radius 3 is 1.52 bits per heavy atom. The predicted molar refractivity (Wildman–Crippen MR) is 85.3 cm³/mol. The van der Waals surface area contributed by atoms with Crippen LogP contribution in [0.3, 0.4) is 0 Å². The van der Waals surface area contributed by atoms with Gasteiger partial charge >= 0.3 is 0 Å². The minimum absolute atomic E-state index is 0.401. The zero-order chi connectivity index (χ0) is 16.6. The summed E-state index contributed by atoms with van der Waals surface area (Å²) in [5.74, 6) is -0.891. The molecule has 0 aromatic heterocycles. The molecule has 0 bridgehead atoms. The molecule has 0 spiro atoms. The average molecular weight is 303 g/mol. The molecule has 0 saturated heterocycles. The lowest BCUT2D eigenvalue weighted by Gasteiger charge is -2.35. The summed E-state index contributed by atoms with van der Waals surface area (Å²) in [4.78, 5) is 22.4. The van der Waals surface area contributed by atoms with Gasteiger partial charge in [0.15, 0.2) is 0 Å². The van der Waals surface area contributed by atoms with Crippen LogP contribution in [0.5, 0.6) is 0 Å². The molecule has 0 aromatic carbocycles. The quantitative estimate of drug-likeness (QED) is 0.235. The van der Waals surface area contributed by atoms with Gasteiger partial charge in [-0.1, -0.05) is 26.7 Å². The smallest absolute Gasteiger partial charge is 0.228 e. The van der Waals surface area contributed by atoms with E-state index < -0.39 is 17.0 Å². The van der Waals surface area contributed by atoms with Crippen LogP contribution in [0.2, 0.25) is 0 Å². The van der Waals surface area contributed by atoms with E-state index in [1.54, 1.807) is 0 Å². The Morgan fingerprint density at radius 2 is 1.19 bits per heavy atom. The Kier molecular flexibility index (Phi) is 9.02. The maximum Gasteiger partial charge on any atom is 0.234 e. The number of hydrogen-bond acceptors (Lipinski definition) is 4. The minimum atomic E-state index is -0.891. The first-order valence-electron chi connectivity index (χ1n) is 8.06. The summed E-state index contributed by atoms with van der Waals surface area (Å²) < 4.78 is 0. The molecule has 0 aliphatic rings. The molecular weight excluding hydrogens is 268 g/mol. The summed E-state index contributed by atoms with van der Waals surface area (Å²) in [7, 11) is 0. The summed E-state index contributed by atoms with van der Waals surface area (Å²) >= 11 is 0. The highest BCUT2D eigenvalue weighted by Gasteiger charge is 2.37. The van der Waals surface area contributed by atoms with E-state index in [9.17, 15) is 0 Å². The van der Waals surface area contributed by atoms with E-state index in [1.165, 1.54) is 0 Å². The number of hydrogen-bond donors (Lipinski definition) is 0. The molecular formula is C17H35O4. The molecule has 21 heavy (non-hydrogen) atoms. The van der Waals surface area contributed by atoms with Crippen molar-refractivity contribution in [1.29, 1.82) is 0 Å². The molecule has 0 unspecified atom stereocenters. The molecule has 0 aliphatic carbocycles. The van der Waals surface area contributed by atoms with Gasteiger partial charge in [0.05, 0.1) is 11.2 Å². The summed E-state index contributed by atoms with van der Waals surface area (Å²) in [6, 6.07) is 0. The maximum atomic E-state index is 5.69. The van der Waals surface area contributed by atoms with E-state index in [0.29, 0.717) is 12.8 Å². The third kappa shape index (κ3) is 11.1. The zero-order valence-electron chi connectivity index (χ0n) is 15.1. The normalized spacial score (nSPS) is 13.7. The maximum absolute atomic E-state index is 5.69. The molecule has 0 atom stereocenters. The highest BCUT2D eigenvalue weighted by Crippen LogP contribution is 2.31. The summed E-state index contributed by atoms with van der Waals surface area (Å²) in [5.41, 5.74) is -0.801. The van der Waals surface area contributed by atoms with E-state index in [1.807, 2.05) is 41.5 Å². The van der Waals surface area contributed by atoms with Crippen LogP contribution >= 0.6 is 0 Å². The molecule has 0 aromatic rings. The lowest BCUT2D eigenvalue weighted by Crippen LogP contribution is -2.41. The van der Waals surface area contributed by atoms with E-state index in [0.717, 1.165) is 25.7 Å². The molecule has 0 amide bonds. The first kappa shape index (κ1) is 20.8. The van der Waals surface area contributed by atoms with Crippen molar-refractivity contribution in [2.45, 2.75) is 104 Å². The molecule has 127 valence electrons. The summed E-state index contributed by atoms with van der Waals surface area (Å²) in [5, 5.41) is 0. The van der Waals surface area contributed by atoms with Gasteiger partial charge in [-0.3, -0.25) is 0 Å². The average Bonchev–Trinajstić information content (AvgIpc) is 2.33. The van der Waals surface area contributed by atoms with Crippen molar-refractivity contribution in [2.75, 3.05) is 0 Å². The van der Waals surface area contributed by atoms with Crippen LogP contribution in [0.25, 0.3) is 0 Å². The van der Waals surface area contributed by atoms with Gasteiger partial charge < -0.3 is 0 Å². The molecule has 0 fully saturated rings. The van der Waals surface area contributed by atoms with Crippen molar-refractivity contribution >= 4 is 0 Å². The second-order valence-electron chi connectivity index (χ2n) is 7.53. The van der Waals surface area contributed by atoms with E-state index in [4.69, 9.17) is 19.6 Å². The predicted octanol–water partition coefficient (Wildman–Crippen LogP) is 5.37. The molecule has 0 saturated carbocycles. The highest BCUT2D eigenvalue weighted by atomic mass is 17.3. The Labute approximate surface area is 131 Å². The molecule has 0 heterocycles. The van der Waals surface area contributed by atoms with Crippen LogP contribution in [0.4, 0.5) is 0 Å². The Morgan fingerprint density at radius 1 is 0.714 bits per heavy atom. The number of unbranched alkanes of at least 4 members (excludes halogenated alkanes) is 2. The van der Waals surface area contributed by atoms with Gasteiger partial charge in [-0.25, -0.2) is 9.78 Å². The highest BCUT2D eigenvalue weighted by molar-refractivity contribution is 4.70. The van der Waals surface area contributed by atoms with Crippen molar-refractivity contribution in [3.05, 3.63) is 6.92 Å². The fraction of sp³-hybridized carbons (Fsp3) is 0.941. The van der Waals surface area contributed by atoms with Crippen molar-refractivity contribution in [1.82, 2.24) is 0 Å². The fourth-order valence-electron chi connectivity index (χ4n) is 1.62. The van der Waals surface area contributed by atoms with Crippen molar-refractivity contribution in [3.8, 4) is 0 Å². The van der Waals surface area contributed by atoms with Gasteiger partial charge in [0.25, 0.3) is 0 Å². The van der Waals surface area contributed by atoms with Gasteiger partial charge in [-0.15, -0.1) is 0 Å². The summed E-state index contributed by atoms with van der Waals surface area (Å²) in [6.07, 6.45) is 5.30. The zero-order valence-corrected chi connectivity index (χ0v) is 15.1. The molecule has 0 aliphatic heterocycles. The fourth-order valence-corrected chi connectivity index (χ4v) is 1.62. The second kappa shape index (κ2) is 9.09.